The van der Waals surface area contributed by atoms with Gasteiger partial charge in [0.15, 0.2) is 0 Å². The third kappa shape index (κ3) is 2.32. The molecular formula is C15H20N2O3. The fourth-order valence-corrected chi connectivity index (χ4v) is 2.92. The maximum Gasteiger partial charge on any atom is 0.246 e. The summed E-state index contributed by atoms with van der Waals surface area (Å²) in [5, 5.41) is 2.92. The standard InChI is InChI=1S/C15H20N2O3/c1-9(2)13-14(18)16-12(11-3-4-11)15(19)17(13)7-10-5-6-20-8-10/h5-6,8-9,11-13H,3-4,7H2,1-2H3,(H,16,18). The molecule has 1 aromatic rings. The fourth-order valence-electron chi connectivity index (χ4n) is 2.92. The van der Waals surface area contributed by atoms with E-state index in [-0.39, 0.29) is 23.8 Å². The van der Waals surface area contributed by atoms with Crippen molar-refractivity contribution in [1.29, 1.82) is 0 Å². The van der Waals surface area contributed by atoms with Crippen molar-refractivity contribution in [3.63, 3.8) is 0 Å². The van der Waals surface area contributed by atoms with E-state index in [0.717, 1.165) is 18.4 Å². The van der Waals surface area contributed by atoms with E-state index in [1.807, 2.05) is 19.9 Å². The lowest BCUT2D eigenvalue weighted by Crippen LogP contribution is -2.65. The summed E-state index contributed by atoms with van der Waals surface area (Å²) in [6.07, 6.45) is 5.28. The van der Waals surface area contributed by atoms with Gasteiger partial charge in [-0.05, 0) is 30.7 Å². The molecule has 5 heteroatoms. The number of piperazine rings is 1. The van der Waals surface area contributed by atoms with E-state index in [1.54, 1.807) is 17.4 Å². The van der Waals surface area contributed by atoms with Crippen LogP contribution in [0.5, 0.6) is 0 Å². The molecule has 2 fully saturated rings. The second kappa shape index (κ2) is 4.96. The van der Waals surface area contributed by atoms with Gasteiger partial charge in [-0.15, -0.1) is 0 Å². The minimum atomic E-state index is -0.396. The molecule has 20 heavy (non-hydrogen) atoms. The molecule has 3 rings (SSSR count). The first-order chi connectivity index (χ1) is 9.58. The molecule has 2 heterocycles. The van der Waals surface area contributed by atoms with Crippen molar-refractivity contribution in [2.24, 2.45) is 11.8 Å². The average Bonchev–Trinajstić information content (AvgIpc) is 3.11. The largest absolute Gasteiger partial charge is 0.472 e. The van der Waals surface area contributed by atoms with Crippen LogP contribution in [0.25, 0.3) is 0 Å². The van der Waals surface area contributed by atoms with Gasteiger partial charge in [-0.2, -0.15) is 0 Å². The van der Waals surface area contributed by atoms with Crippen LogP contribution in [0.3, 0.4) is 0 Å². The van der Waals surface area contributed by atoms with Gasteiger partial charge in [0.05, 0.1) is 12.5 Å². The molecule has 1 N–H and O–H groups in total. The highest BCUT2D eigenvalue weighted by Crippen LogP contribution is 2.36. The Balaban J connectivity index is 1.86. The maximum absolute atomic E-state index is 12.7. The van der Waals surface area contributed by atoms with Gasteiger partial charge in [-0.3, -0.25) is 9.59 Å². The number of rotatable bonds is 4. The third-order valence-corrected chi connectivity index (χ3v) is 4.11. The number of hydrogen-bond donors (Lipinski definition) is 1. The molecule has 1 aliphatic heterocycles. The summed E-state index contributed by atoms with van der Waals surface area (Å²) < 4.78 is 5.06. The van der Waals surface area contributed by atoms with Crippen LogP contribution in [0, 0.1) is 11.8 Å². The molecule has 0 spiro atoms. The van der Waals surface area contributed by atoms with Crippen molar-refractivity contribution in [1.82, 2.24) is 10.2 Å². The maximum atomic E-state index is 12.7. The quantitative estimate of drug-likeness (QED) is 0.907. The lowest BCUT2D eigenvalue weighted by molar-refractivity contribution is -0.152. The lowest BCUT2D eigenvalue weighted by atomic mass is 9.95. The van der Waals surface area contributed by atoms with Crippen LogP contribution in [-0.2, 0) is 16.1 Å². The van der Waals surface area contributed by atoms with Crippen LogP contribution in [-0.4, -0.2) is 28.8 Å². The number of amides is 2. The SMILES string of the molecule is CC(C)C1C(=O)NC(C2CC2)C(=O)N1Cc1ccoc1. The van der Waals surface area contributed by atoms with E-state index in [0.29, 0.717) is 12.5 Å². The molecule has 1 saturated carbocycles. The molecular weight excluding hydrogens is 256 g/mol. The van der Waals surface area contributed by atoms with Gasteiger partial charge in [0.2, 0.25) is 11.8 Å². The Kier molecular flexibility index (Phi) is 3.28. The summed E-state index contributed by atoms with van der Waals surface area (Å²) >= 11 is 0. The monoisotopic (exact) mass is 276 g/mol. The molecule has 1 aromatic heterocycles. The molecule has 1 aliphatic carbocycles. The van der Waals surface area contributed by atoms with E-state index < -0.39 is 6.04 Å². The zero-order valence-electron chi connectivity index (χ0n) is 11.8. The molecule has 2 aliphatic rings. The highest BCUT2D eigenvalue weighted by Gasteiger charge is 2.47. The van der Waals surface area contributed by atoms with Crippen LogP contribution >= 0.6 is 0 Å². The van der Waals surface area contributed by atoms with Gasteiger partial charge in [0, 0.05) is 12.1 Å². The Morgan fingerprint density at radius 3 is 2.70 bits per heavy atom. The Labute approximate surface area is 118 Å². The molecule has 0 bridgehead atoms. The number of nitrogens with one attached hydrogen (secondary N) is 1. The van der Waals surface area contributed by atoms with Crippen molar-refractivity contribution < 1.29 is 14.0 Å². The summed E-state index contributed by atoms with van der Waals surface area (Å²) in [5.74, 6) is 0.435. The number of carbonyl (C=O) groups is 2. The zero-order chi connectivity index (χ0) is 14.3. The van der Waals surface area contributed by atoms with Crippen molar-refractivity contribution in [3.05, 3.63) is 24.2 Å². The Hall–Kier alpha value is -1.78. The number of carbonyl (C=O) groups excluding carboxylic acids is 2. The molecule has 2 amide bonds. The molecule has 5 nitrogen and oxygen atoms in total. The zero-order valence-corrected chi connectivity index (χ0v) is 11.8. The van der Waals surface area contributed by atoms with Gasteiger partial charge in [-0.1, -0.05) is 13.8 Å². The molecule has 1 saturated heterocycles. The first kappa shape index (κ1) is 13.2. The summed E-state index contributed by atoms with van der Waals surface area (Å²) in [6.45, 7) is 4.38. The van der Waals surface area contributed by atoms with Crippen molar-refractivity contribution in [2.75, 3.05) is 0 Å². The second-order valence-electron chi connectivity index (χ2n) is 6.11. The Morgan fingerprint density at radius 1 is 1.40 bits per heavy atom. The molecule has 2 unspecified atom stereocenters. The van der Waals surface area contributed by atoms with Crippen LogP contribution in [0.15, 0.2) is 23.0 Å². The number of nitrogens with zero attached hydrogens (tertiary/aromatic N) is 1. The first-order valence-electron chi connectivity index (χ1n) is 7.20. The minimum absolute atomic E-state index is 0.0278. The van der Waals surface area contributed by atoms with Gasteiger partial charge >= 0.3 is 0 Å². The van der Waals surface area contributed by atoms with Crippen LogP contribution in [0.4, 0.5) is 0 Å². The Morgan fingerprint density at radius 2 is 2.15 bits per heavy atom. The second-order valence-corrected chi connectivity index (χ2v) is 6.11. The predicted octanol–water partition coefficient (Wildman–Crippen LogP) is 1.54. The predicted molar refractivity (Wildman–Crippen MR) is 72.5 cm³/mol. The topological polar surface area (TPSA) is 62.6 Å². The smallest absolute Gasteiger partial charge is 0.246 e. The number of furan rings is 1. The Bertz CT molecular complexity index is 505. The molecule has 0 aromatic carbocycles. The van der Waals surface area contributed by atoms with E-state index in [9.17, 15) is 9.59 Å². The lowest BCUT2D eigenvalue weighted by Gasteiger charge is -2.40. The summed E-state index contributed by atoms with van der Waals surface area (Å²) in [6, 6.07) is 1.11. The summed E-state index contributed by atoms with van der Waals surface area (Å²) in [5.41, 5.74) is 0.924. The minimum Gasteiger partial charge on any atom is -0.472 e. The first-order valence-corrected chi connectivity index (χ1v) is 7.20. The van der Waals surface area contributed by atoms with Gasteiger partial charge < -0.3 is 14.6 Å². The highest BCUT2D eigenvalue weighted by molar-refractivity contribution is 5.97. The van der Waals surface area contributed by atoms with Gasteiger partial charge in [0.25, 0.3) is 0 Å². The van der Waals surface area contributed by atoms with E-state index in [1.165, 1.54) is 0 Å². The summed E-state index contributed by atoms with van der Waals surface area (Å²) in [7, 11) is 0. The molecule has 2 atom stereocenters. The third-order valence-electron chi connectivity index (χ3n) is 4.11. The molecule has 0 radical (unpaired) electrons. The van der Waals surface area contributed by atoms with Crippen molar-refractivity contribution in [2.45, 2.75) is 45.3 Å². The molecule has 108 valence electrons. The van der Waals surface area contributed by atoms with Crippen LogP contribution < -0.4 is 5.32 Å². The normalized spacial score (nSPS) is 27.1. The van der Waals surface area contributed by atoms with E-state index in [4.69, 9.17) is 4.42 Å². The van der Waals surface area contributed by atoms with Crippen molar-refractivity contribution in [3.8, 4) is 0 Å². The van der Waals surface area contributed by atoms with E-state index >= 15 is 0 Å². The van der Waals surface area contributed by atoms with Gasteiger partial charge in [-0.25, -0.2) is 0 Å². The highest BCUT2D eigenvalue weighted by atomic mass is 16.3. The van der Waals surface area contributed by atoms with Crippen molar-refractivity contribution >= 4 is 11.8 Å². The van der Waals surface area contributed by atoms with E-state index in [2.05, 4.69) is 5.32 Å². The number of hydrogen-bond acceptors (Lipinski definition) is 3. The summed E-state index contributed by atoms with van der Waals surface area (Å²) in [4.78, 5) is 26.7. The fraction of sp³-hybridized carbons (Fsp3) is 0.600. The van der Waals surface area contributed by atoms with Crippen LogP contribution in [0.1, 0.15) is 32.3 Å². The van der Waals surface area contributed by atoms with Gasteiger partial charge in [0.1, 0.15) is 12.1 Å². The van der Waals surface area contributed by atoms with Crippen LogP contribution in [0.2, 0.25) is 0 Å². The average molecular weight is 276 g/mol.